The molecule has 0 saturated carbocycles. The smallest absolute Gasteiger partial charge is 0.130 e. The summed E-state index contributed by atoms with van der Waals surface area (Å²) in [5.41, 5.74) is 11.3. The Bertz CT molecular complexity index is 1210. The van der Waals surface area contributed by atoms with Crippen LogP contribution in [-0.2, 0) is 13.2 Å². The van der Waals surface area contributed by atoms with Crippen LogP contribution in [0, 0.1) is 0 Å². The van der Waals surface area contributed by atoms with Gasteiger partial charge in [-0.25, -0.2) is 4.98 Å². The molecule has 1 aromatic heterocycles. The first-order valence-corrected chi connectivity index (χ1v) is 11.5. The molecule has 5 rings (SSSR count). The summed E-state index contributed by atoms with van der Waals surface area (Å²) in [5.74, 6) is 2.60. The fourth-order valence-electron chi connectivity index (χ4n) is 3.91. The zero-order valence-corrected chi connectivity index (χ0v) is 18.0. The number of thioether (sulfide) groups is 1. The van der Waals surface area contributed by atoms with E-state index in [0.29, 0.717) is 19.8 Å². The second kappa shape index (κ2) is 9.00. The van der Waals surface area contributed by atoms with Crippen LogP contribution in [0.15, 0.2) is 78.9 Å². The number of rotatable bonds is 6. The van der Waals surface area contributed by atoms with Gasteiger partial charge in [-0.05, 0) is 41.5 Å². The van der Waals surface area contributed by atoms with Gasteiger partial charge < -0.3 is 15.2 Å². The van der Waals surface area contributed by atoms with Crippen molar-refractivity contribution in [2.45, 2.75) is 18.5 Å². The fourth-order valence-corrected chi connectivity index (χ4v) is 5.05. The summed E-state index contributed by atoms with van der Waals surface area (Å²) in [6, 6.07) is 26.8. The van der Waals surface area contributed by atoms with Crippen molar-refractivity contribution in [3.8, 4) is 11.5 Å². The van der Waals surface area contributed by atoms with Gasteiger partial charge in [-0.1, -0.05) is 48.5 Å². The van der Waals surface area contributed by atoms with Gasteiger partial charge in [-0.3, -0.25) is 0 Å². The monoisotopic (exact) mass is 428 g/mol. The lowest BCUT2D eigenvalue weighted by Gasteiger charge is -2.19. The molecule has 2 N–H and O–H groups in total. The van der Waals surface area contributed by atoms with Crippen molar-refractivity contribution in [2.24, 2.45) is 5.73 Å². The Morgan fingerprint density at radius 1 is 0.968 bits per heavy atom. The molecule has 31 heavy (non-hydrogen) atoms. The van der Waals surface area contributed by atoms with E-state index in [1.54, 1.807) is 0 Å². The van der Waals surface area contributed by atoms with E-state index in [1.807, 2.05) is 48.2 Å². The van der Waals surface area contributed by atoms with E-state index in [4.69, 9.17) is 20.2 Å². The maximum absolute atomic E-state index is 6.14. The maximum Gasteiger partial charge on any atom is 0.130 e. The molecule has 1 atom stereocenters. The molecule has 0 aliphatic carbocycles. The Hall–Kier alpha value is -3.02. The van der Waals surface area contributed by atoms with Crippen molar-refractivity contribution in [3.05, 3.63) is 101 Å². The average molecular weight is 429 g/mol. The largest absolute Gasteiger partial charge is 0.489 e. The molecule has 4 nitrogen and oxygen atoms in total. The van der Waals surface area contributed by atoms with Crippen LogP contribution < -0.4 is 15.2 Å². The van der Waals surface area contributed by atoms with Gasteiger partial charge in [0.25, 0.3) is 0 Å². The number of benzene rings is 3. The Morgan fingerprint density at radius 2 is 1.84 bits per heavy atom. The van der Waals surface area contributed by atoms with Gasteiger partial charge in [0, 0.05) is 23.2 Å². The van der Waals surface area contributed by atoms with Gasteiger partial charge in [0.2, 0.25) is 0 Å². The Morgan fingerprint density at radius 3 is 2.77 bits per heavy atom. The van der Waals surface area contributed by atoms with Crippen LogP contribution in [0.3, 0.4) is 0 Å². The summed E-state index contributed by atoms with van der Waals surface area (Å²) in [7, 11) is 0. The van der Waals surface area contributed by atoms with E-state index in [-0.39, 0.29) is 5.25 Å². The highest BCUT2D eigenvalue weighted by Gasteiger charge is 2.25. The molecule has 1 aliphatic rings. The number of nitrogens with two attached hydrogens (primary N) is 1. The van der Waals surface area contributed by atoms with Gasteiger partial charge in [-0.15, -0.1) is 11.8 Å². The second-order valence-electron chi connectivity index (χ2n) is 7.51. The van der Waals surface area contributed by atoms with Gasteiger partial charge in [0.05, 0.1) is 16.5 Å². The van der Waals surface area contributed by atoms with Crippen LogP contribution in [0.5, 0.6) is 11.5 Å². The van der Waals surface area contributed by atoms with Crippen molar-refractivity contribution in [1.82, 2.24) is 4.98 Å². The molecule has 0 saturated heterocycles. The van der Waals surface area contributed by atoms with Crippen molar-refractivity contribution < 1.29 is 9.47 Å². The molecule has 5 heteroatoms. The van der Waals surface area contributed by atoms with E-state index in [0.717, 1.165) is 39.4 Å². The molecular weight excluding hydrogens is 404 g/mol. The molecule has 1 unspecified atom stereocenters. The van der Waals surface area contributed by atoms with Crippen LogP contribution in [0.2, 0.25) is 0 Å². The van der Waals surface area contributed by atoms with Crippen molar-refractivity contribution >= 4 is 22.7 Å². The normalized spacial score (nSPS) is 14.9. The maximum atomic E-state index is 6.14. The van der Waals surface area contributed by atoms with Gasteiger partial charge >= 0.3 is 0 Å². The molecule has 0 bridgehead atoms. The van der Waals surface area contributed by atoms with Crippen LogP contribution in [0.25, 0.3) is 10.9 Å². The zero-order chi connectivity index (χ0) is 21.0. The highest BCUT2D eigenvalue weighted by atomic mass is 32.2. The standard InChI is InChI=1S/C26H24N2O2S/c27-13-14-31-26-22-7-3-1-6-19(22)16-30-25-12-11-21(15-23(25)26)29-17-20-10-9-18-5-2-4-8-24(18)28-20/h1-12,15,26H,13-14,16-17,27H2. The molecule has 0 fully saturated rings. The Balaban J connectivity index is 1.42. The molecule has 0 radical (unpaired) electrons. The van der Waals surface area contributed by atoms with E-state index in [9.17, 15) is 0 Å². The number of pyridine rings is 1. The molecule has 1 aliphatic heterocycles. The van der Waals surface area contributed by atoms with Crippen molar-refractivity contribution in [1.29, 1.82) is 0 Å². The molecule has 4 aromatic rings. The van der Waals surface area contributed by atoms with Gasteiger partial charge in [0.1, 0.15) is 24.7 Å². The summed E-state index contributed by atoms with van der Waals surface area (Å²) >= 11 is 1.85. The minimum atomic E-state index is 0.166. The zero-order valence-electron chi connectivity index (χ0n) is 17.2. The lowest BCUT2D eigenvalue weighted by molar-refractivity contribution is 0.295. The fraction of sp³-hybridized carbons (Fsp3) is 0.192. The van der Waals surface area contributed by atoms with Crippen LogP contribution >= 0.6 is 11.8 Å². The van der Waals surface area contributed by atoms with Crippen molar-refractivity contribution in [2.75, 3.05) is 12.3 Å². The van der Waals surface area contributed by atoms with E-state index < -0.39 is 0 Å². The first kappa shape index (κ1) is 19.9. The summed E-state index contributed by atoms with van der Waals surface area (Å²) in [6.07, 6.45) is 0. The summed E-state index contributed by atoms with van der Waals surface area (Å²) < 4.78 is 12.3. The van der Waals surface area contributed by atoms with E-state index in [2.05, 4.69) is 42.5 Å². The minimum absolute atomic E-state index is 0.166. The predicted molar refractivity (Wildman–Crippen MR) is 127 cm³/mol. The number of para-hydroxylation sites is 1. The predicted octanol–water partition coefficient (Wildman–Crippen LogP) is 5.49. The number of ether oxygens (including phenoxy) is 2. The lowest BCUT2D eigenvalue weighted by Crippen LogP contribution is -2.06. The lowest BCUT2D eigenvalue weighted by atomic mass is 10.00. The molecule has 0 amide bonds. The third-order valence-corrected chi connectivity index (χ3v) is 6.74. The molecular formula is C26H24N2O2S. The molecule has 0 spiro atoms. The summed E-state index contributed by atoms with van der Waals surface area (Å²) in [6.45, 7) is 1.63. The quantitative estimate of drug-likeness (QED) is 0.440. The van der Waals surface area contributed by atoms with Crippen LogP contribution in [-0.4, -0.2) is 17.3 Å². The third kappa shape index (κ3) is 4.24. The first-order valence-electron chi connectivity index (χ1n) is 10.5. The number of nitrogens with zero attached hydrogens (tertiary/aromatic N) is 1. The molecule has 156 valence electrons. The highest BCUT2D eigenvalue weighted by molar-refractivity contribution is 7.99. The Labute approximate surface area is 186 Å². The number of aromatic nitrogens is 1. The average Bonchev–Trinajstić information content (AvgIpc) is 2.97. The SMILES string of the molecule is NCCSC1c2ccccc2COc2ccc(OCc3ccc4ccccc4n3)cc21. The van der Waals surface area contributed by atoms with Gasteiger partial charge in [0.15, 0.2) is 0 Å². The Kier molecular flexibility index (Phi) is 5.78. The number of hydrogen-bond donors (Lipinski definition) is 1. The number of hydrogen-bond acceptors (Lipinski definition) is 5. The topological polar surface area (TPSA) is 57.4 Å². The minimum Gasteiger partial charge on any atom is -0.489 e. The second-order valence-corrected chi connectivity index (χ2v) is 8.72. The van der Waals surface area contributed by atoms with E-state index >= 15 is 0 Å². The third-order valence-electron chi connectivity index (χ3n) is 5.43. The van der Waals surface area contributed by atoms with E-state index in [1.165, 1.54) is 11.1 Å². The van der Waals surface area contributed by atoms with Gasteiger partial charge in [-0.2, -0.15) is 0 Å². The number of fused-ring (bicyclic) bond motifs is 3. The molecule has 2 heterocycles. The highest BCUT2D eigenvalue weighted by Crippen LogP contribution is 2.45. The summed E-state index contributed by atoms with van der Waals surface area (Å²) in [4.78, 5) is 4.71. The van der Waals surface area contributed by atoms with Crippen LogP contribution in [0.1, 0.15) is 27.6 Å². The first-order chi connectivity index (χ1) is 15.3. The van der Waals surface area contributed by atoms with Crippen molar-refractivity contribution in [3.63, 3.8) is 0 Å². The van der Waals surface area contributed by atoms with Crippen LogP contribution in [0.4, 0.5) is 0 Å². The molecule has 3 aromatic carbocycles. The summed E-state index contributed by atoms with van der Waals surface area (Å²) in [5, 5.41) is 1.30.